The van der Waals surface area contributed by atoms with Crippen LogP contribution < -0.4 is 5.32 Å². The number of carbonyl (C=O) groups excluding carboxylic acids is 2. The number of aliphatic hydroxyl groups is 1. The van der Waals surface area contributed by atoms with Gasteiger partial charge in [0.1, 0.15) is 5.82 Å². The Balaban J connectivity index is 1.82. The first-order valence-corrected chi connectivity index (χ1v) is 7.48. The summed E-state index contributed by atoms with van der Waals surface area (Å²) in [6, 6.07) is 14.1. The van der Waals surface area contributed by atoms with E-state index in [1.165, 1.54) is 36.2 Å². The van der Waals surface area contributed by atoms with Crippen molar-refractivity contribution in [3.05, 3.63) is 71.5 Å². The molecule has 126 valence electrons. The second-order valence-electron chi connectivity index (χ2n) is 5.40. The lowest BCUT2D eigenvalue weighted by Gasteiger charge is -2.18. The fourth-order valence-corrected chi connectivity index (χ4v) is 2.16. The molecule has 1 unspecified atom stereocenters. The van der Waals surface area contributed by atoms with Crippen LogP contribution in [0.25, 0.3) is 0 Å². The molecule has 2 N–H and O–H groups in total. The average molecular weight is 330 g/mol. The maximum Gasteiger partial charge on any atom is 0.254 e. The molecule has 2 aromatic rings. The van der Waals surface area contributed by atoms with Crippen molar-refractivity contribution >= 4 is 11.8 Å². The summed E-state index contributed by atoms with van der Waals surface area (Å²) >= 11 is 0. The van der Waals surface area contributed by atoms with Crippen LogP contribution in [0.1, 0.15) is 22.0 Å². The van der Waals surface area contributed by atoms with Gasteiger partial charge in [0.2, 0.25) is 5.91 Å². The zero-order chi connectivity index (χ0) is 17.5. The molecule has 24 heavy (non-hydrogen) atoms. The van der Waals surface area contributed by atoms with E-state index in [1.54, 1.807) is 30.3 Å². The molecular weight excluding hydrogens is 311 g/mol. The molecule has 0 aliphatic carbocycles. The molecule has 2 amide bonds. The van der Waals surface area contributed by atoms with E-state index in [2.05, 4.69) is 5.32 Å². The molecule has 0 heterocycles. The van der Waals surface area contributed by atoms with Crippen molar-refractivity contribution in [1.82, 2.24) is 10.2 Å². The Bertz CT molecular complexity index is 689. The second kappa shape index (κ2) is 8.21. The van der Waals surface area contributed by atoms with Gasteiger partial charge in [0.15, 0.2) is 0 Å². The number of hydrogen-bond donors (Lipinski definition) is 2. The zero-order valence-corrected chi connectivity index (χ0v) is 13.3. The molecule has 0 fully saturated rings. The summed E-state index contributed by atoms with van der Waals surface area (Å²) in [7, 11) is 1.53. The fourth-order valence-electron chi connectivity index (χ4n) is 2.16. The first-order valence-electron chi connectivity index (χ1n) is 7.48. The minimum atomic E-state index is -0.940. The topological polar surface area (TPSA) is 69.6 Å². The minimum absolute atomic E-state index is 0.0160. The van der Waals surface area contributed by atoms with Gasteiger partial charge in [-0.2, -0.15) is 0 Å². The predicted molar refractivity (Wildman–Crippen MR) is 87.8 cm³/mol. The van der Waals surface area contributed by atoms with Crippen molar-refractivity contribution in [3.8, 4) is 0 Å². The van der Waals surface area contributed by atoms with Crippen LogP contribution in [0.15, 0.2) is 54.6 Å². The smallest absolute Gasteiger partial charge is 0.254 e. The van der Waals surface area contributed by atoms with Crippen LogP contribution in [0.3, 0.4) is 0 Å². The maximum atomic E-state index is 12.8. The van der Waals surface area contributed by atoms with Gasteiger partial charge in [-0.15, -0.1) is 0 Å². The van der Waals surface area contributed by atoms with Gasteiger partial charge in [0.05, 0.1) is 12.6 Å². The van der Waals surface area contributed by atoms with Crippen LogP contribution in [-0.2, 0) is 4.79 Å². The molecule has 5 nitrogen and oxygen atoms in total. The molecule has 0 aliphatic heterocycles. The number of carbonyl (C=O) groups is 2. The fraction of sp³-hybridized carbons (Fsp3) is 0.222. The highest BCUT2D eigenvalue weighted by Gasteiger charge is 2.15. The van der Waals surface area contributed by atoms with Crippen molar-refractivity contribution in [2.45, 2.75) is 6.10 Å². The van der Waals surface area contributed by atoms with Gasteiger partial charge in [0.25, 0.3) is 5.91 Å². The third-order valence-corrected chi connectivity index (χ3v) is 3.50. The van der Waals surface area contributed by atoms with Crippen molar-refractivity contribution in [1.29, 1.82) is 0 Å². The van der Waals surface area contributed by atoms with Crippen molar-refractivity contribution in [2.75, 3.05) is 20.1 Å². The zero-order valence-electron chi connectivity index (χ0n) is 13.3. The lowest BCUT2D eigenvalue weighted by Crippen LogP contribution is -2.39. The Kier molecular flexibility index (Phi) is 6.03. The summed E-state index contributed by atoms with van der Waals surface area (Å²) in [5, 5.41) is 12.5. The molecule has 1 atom stereocenters. The van der Waals surface area contributed by atoms with E-state index in [9.17, 15) is 19.1 Å². The summed E-state index contributed by atoms with van der Waals surface area (Å²) in [4.78, 5) is 25.3. The minimum Gasteiger partial charge on any atom is -0.387 e. The van der Waals surface area contributed by atoms with E-state index in [0.29, 0.717) is 11.1 Å². The Hall–Kier alpha value is -2.73. The van der Waals surface area contributed by atoms with E-state index in [0.717, 1.165) is 0 Å². The molecule has 6 heteroatoms. The molecule has 0 bridgehead atoms. The number of nitrogens with zero attached hydrogens (tertiary/aromatic N) is 1. The van der Waals surface area contributed by atoms with Crippen LogP contribution in [0.5, 0.6) is 0 Å². The summed E-state index contributed by atoms with van der Waals surface area (Å²) in [6.07, 6.45) is -0.940. The number of aliphatic hydroxyl groups excluding tert-OH is 1. The molecular formula is C18H19FN2O3. The number of likely N-dealkylation sites (N-methyl/N-ethyl adjacent to an activating group) is 1. The number of hydrogen-bond acceptors (Lipinski definition) is 3. The molecule has 2 rings (SSSR count). The Morgan fingerprint density at radius 2 is 1.75 bits per heavy atom. The first kappa shape index (κ1) is 17.6. The Labute approximate surface area is 139 Å². The van der Waals surface area contributed by atoms with E-state index < -0.39 is 11.9 Å². The van der Waals surface area contributed by atoms with Gasteiger partial charge in [-0.1, -0.05) is 30.3 Å². The third kappa shape index (κ3) is 4.89. The standard InChI is InChI=1S/C18H19FN2O3/c1-21(18(24)14-5-3-2-4-6-14)12-17(23)20-11-16(22)13-7-9-15(19)10-8-13/h2-10,16,22H,11-12H2,1H3,(H,20,23). The number of rotatable bonds is 6. The van der Waals surface area contributed by atoms with Crippen molar-refractivity contribution < 1.29 is 19.1 Å². The van der Waals surface area contributed by atoms with Gasteiger partial charge in [-0.05, 0) is 29.8 Å². The van der Waals surface area contributed by atoms with E-state index >= 15 is 0 Å². The molecule has 0 aliphatic rings. The van der Waals surface area contributed by atoms with Gasteiger partial charge >= 0.3 is 0 Å². The lowest BCUT2D eigenvalue weighted by molar-refractivity contribution is -0.122. The van der Waals surface area contributed by atoms with E-state index in [-0.39, 0.29) is 24.9 Å². The Morgan fingerprint density at radius 3 is 2.38 bits per heavy atom. The van der Waals surface area contributed by atoms with E-state index in [1.807, 2.05) is 0 Å². The summed E-state index contributed by atoms with van der Waals surface area (Å²) in [6.45, 7) is -0.137. The molecule has 0 radical (unpaired) electrons. The monoisotopic (exact) mass is 330 g/mol. The number of amides is 2. The highest BCUT2D eigenvalue weighted by molar-refractivity contribution is 5.96. The average Bonchev–Trinajstić information content (AvgIpc) is 2.60. The van der Waals surface area contributed by atoms with Gasteiger partial charge < -0.3 is 15.3 Å². The SMILES string of the molecule is CN(CC(=O)NCC(O)c1ccc(F)cc1)C(=O)c1ccccc1. The van der Waals surface area contributed by atoms with Crippen LogP contribution in [-0.4, -0.2) is 42.0 Å². The maximum absolute atomic E-state index is 12.8. The van der Waals surface area contributed by atoms with Crippen LogP contribution in [0.4, 0.5) is 4.39 Å². The second-order valence-corrected chi connectivity index (χ2v) is 5.40. The summed E-state index contributed by atoms with van der Waals surface area (Å²) in [5.41, 5.74) is 1.00. The third-order valence-electron chi connectivity index (χ3n) is 3.50. The number of nitrogens with one attached hydrogen (secondary N) is 1. The first-order chi connectivity index (χ1) is 11.5. The van der Waals surface area contributed by atoms with Gasteiger partial charge in [0, 0.05) is 19.2 Å². The summed E-state index contributed by atoms with van der Waals surface area (Å²) < 4.78 is 12.8. The lowest BCUT2D eigenvalue weighted by atomic mass is 10.1. The normalized spacial score (nSPS) is 11.6. The Morgan fingerprint density at radius 1 is 1.12 bits per heavy atom. The van der Waals surface area contributed by atoms with Crippen LogP contribution in [0, 0.1) is 5.82 Å². The highest BCUT2D eigenvalue weighted by Crippen LogP contribution is 2.12. The van der Waals surface area contributed by atoms with Crippen LogP contribution >= 0.6 is 0 Å². The van der Waals surface area contributed by atoms with Gasteiger partial charge in [-0.3, -0.25) is 9.59 Å². The predicted octanol–water partition coefficient (Wildman–Crippen LogP) is 1.75. The molecule has 0 spiro atoms. The molecule has 2 aromatic carbocycles. The van der Waals surface area contributed by atoms with Crippen LogP contribution in [0.2, 0.25) is 0 Å². The molecule has 0 saturated heterocycles. The molecule has 0 saturated carbocycles. The van der Waals surface area contributed by atoms with E-state index in [4.69, 9.17) is 0 Å². The number of benzene rings is 2. The van der Waals surface area contributed by atoms with Crippen molar-refractivity contribution in [3.63, 3.8) is 0 Å². The quantitative estimate of drug-likeness (QED) is 0.848. The highest BCUT2D eigenvalue weighted by atomic mass is 19.1. The summed E-state index contributed by atoms with van der Waals surface area (Å²) in [5.74, 6) is -1.04. The number of halogens is 1. The van der Waals surface area contributed by atoms with Crippen molar-refractivity contribution in [2.24, 2.45) is 0 Å². The molecule has 0 aromatic heterocycles. The van der Waals surface area contributed by atoms with Gasteiger partial charge in [-0.25, -0.2) is 4.39 Å². The largest absolute Gasteiger partial charge is 0.387 e.